The molecule has 2 rings (SSSR count). The largest absolute Gasteiger partial charge is 0.481 e. The first-order valence-electron chi connectivity index (χ1n) is 7.37. The van der Waals surface area contributed by atoms with Crippen molar-refractivity contribution in [1.29, 1.82) is 0 Å². The summed E-state index contributed by atoms with van der Waals surface area (Å²) in [5.74, 6) is -0.782. The predicted molar refractivity (Wildman–Crippen MR) is 75.6 cm³/mol. The summed E-state index contributed by atoms with van der Waals surface area (Å²) in [6, 6.07) is 0.422. The first-order valence-corrected chi connectivity index (χ1v) is 7.37. The minimum Gasteiger partial charge on any atom is -0.481 e. The van der Waals surface area contributed by atoms with Crippen molar-refractivity contribution < 1.29 is 14.7 Å². The molecule has 1 saturated heterocycles. The van der Waals surface area contributed by atoms with Crippen molar-refractivity contribution in [3.8, 4) is 0 Å². The number of amides is 2. The average Bonchev–Trinajstić information content (AvgIpc) is 2.36. The van der Waals surface area contributed by atoms with Gasteiger partial charge in [-0.2, -0.15) is 0 Å². The molecule has 1 aliphatic carbocycles. The first-order chi connectivity index (χ1) is 9.44. The van der Waals surface area contributed by atoms with Crippen LogP contribution in [0, 0.1) is 5.41 Å². The summed E-state index contributed by atoms with van der Waals surface area (Å²) >= 11 is 0. The van der Waals surface area contributed by atoms with Crippen LogP contribution < -0.4 is 5.32 Å². The standard InChI is InChI=1S/C14H25N3O3/c1-16(2)11-4-8-17(9-5-11)13(20)15-10-14(12(18)19)6-3-7-14/h11H,3-10H2,1-2H3,(H,15,20)(H,18,19). The molecule has 1 heterocycles. The lowest BCUT2D eigenvalue weighted by Gasteiger charge is -2.39. The fourth-order valence-electron chi connectivity index (χ4n) is 3.01. The van der Waals surface area contributed by atoms with Crippen LogP contribution >= 0.6 is 0 Å². The van der Waals surface area contributed by atoms with E-state index in [1.807, 2.05) is 0 Å². The summed E-state index contributed by atoms with van der Waals surface area (Å²) in [6.45, 7) is 1.75. The lowest BCUT2D eigenvalue weighted by molar-refractivity contribution is -0.153. The van der Waals surface area contributed by atoms with Crippen molar-refractivity contribution in [2.45, 2.75) is 38.1 Å². The summed E-state index contributed by atoms with van der Waals surface area (Å²) < 4.78 is 0. The van der Waals surface area contributed by atoms with Crippen LogP contribution in [0.2, 0.25) is 0 Å². The molecule has 2 aliphatic rings. The molecule has 2 fully saturated rings. The summed E-state index contributed by atoms with van der Waals surface area (Å²) in [4.78, 5) is 27.3. The van der Waals surface area contributed by atoms with Crippen molar-refractivity contribution in [3.05, 3.63) is 0 Å². The number of nitrogens with zero attached hydrogens (tertiary/aromatic N) is 2. The minimum atomic E-state index is -0.782. The molecule has 1 saturated carbocycles. The third-order valence-corrected chi connectivity index (χ3v) is 4.82. The smallest absolute Gasteiger partial charge is 0.317 e. The number of aliphatic carboxylic acids is 1. The Labute approximate surface area is 120 Å². The molecule has 1 aliphatic heterocycles. The second kappa shape index (κ2) is 5.99. The highest BCUT2D eigenvalue weighted by atomic mass is 16.4. The molecule has 2 amide bonds. The molecule has 114 valence electrons. The highest BCUT2D eigenvalue weighted by Crippen LogP contribution is 2.40. The van der Waals surface area contributed by atoms with Crippen molar-refractivity contribution in [2.24, 2.45) is 5.41 Å². The minimum absolute atomic E-state index is 0.116. The highest BCUT2D eigenvalue weighted by molar-refractivity contribution is 5.79. The number of likely N-dealkylation sites (tertiary alicyclic amines) is 1. The fourth-order valence-corrected chi connectivity index (χ4v) is 3.01. The molecule has 0 atom stereocenters. The zero-order valence-electron chi connectivity index (χ0n) is 12.4. The number of urea groups is 1. The van der Waals surface area contributed by atoms with E-state index in [1.165, 1.54) is 0 Å². The maximum Gasteiger partial charge on any atom is 0.317 e. The molecule has 0 unspecified atom stereocenters. The van der Waals surface area contributed by atoms with E-state index >= 15 is 0 Å². The van der Waals surface area contributed by atoms with Crippen LogP contribution in [0.25, 0.3) is 0 Å². The first kappa shape index (κ1) is 15.1. The van der Waals surface area contributed by atoms with E-state index in [-0.39, 0.29) is 12.6 Å². The highest BCUT2D eigenvalue weighted by Gasteiger charge is 2.44. The van der Waals surface area contributed by atoms with Crippen LogP contribution in [0.15, 0.2) is 0 Å². The van der Waals surface area contributed by atoms with Gasteiger partial charge in [0.05, 0.1) is 5.41 Å². The number of carboxylic acid groups (broad SMARTS) is 1. The molecular formula is C14H25N3O3. The SMILES string of the molecule is CN(C)C1CCN(C(=O)NCC2(C(=O)O)CCC2)CC1. The van der Waals surface area contributed by atoms with Crippen molar-refractivity contribution >= 4 is 12.0 Å². The van der Waals surface area contributed by atoms with Gasteiger partial charge in [-0.25, -0.2) is 4.79 Å². The maximum absolute atomic E-state index is 12.1. The third-order valence-electron chi connectivity index (χ3n) is 4.82. The monoisotopic (exact) mass is 283 g/mol. The molecule has 0 bridgehead atoms. The zero-order chi connectivity index (χ0) is 14.8. The lowest BCUT2D eigenvalue weighted by Crippen LogP contribution is -2.53. The third kappa shape index (κ3) is 3.06. The fraction of sp³-hybridized carbons (Fsp3) is 0.857. The van der Waals surface area contributed by atoms with Crippen LogP contribution in [-0.2, 0) is 4.79 Å². The van der Waals surface area contributed by atoms with E-state index in [2.05, 4.69) is 24.3 Å². The van der Waals surface area contributed by atoms with Gasteiger partial charge in [0, 0.05) is 25.7 Å². The van der Waals surface area contributed by atoms with E-state index in [1.54, 1.807) is 4.90 Å². The van der Waals surface area contributed by atoms with Gasteiger partial charge in [0.25, 0.3) is 0 Å². The second-order valence-corrected chi connectivity index (χ2v) is 6.28. The molecule has 6 heteroatoms. The van der Waals surface area contributed by atoms with Crippen molar-refractivity contribution in [2.75, 3.05) is 33.7 Å². The average molecular weight is 283 g/mol. The number of rotatable bonds is 4. The summed E-state index contributed by atoms with van der Waals surface area (Å²) in [7, 11) is 4.13. The Hall–Kier alpha value is -1.30. The lowest BCUT2D eigenvalue weighted by atomic mass is 9.69. The topological polar surface area (TPSA) is 72.9 Å². The molecule has 0 aromatic rings. The second-order valence-electron chi connectivity index (χ2n) is 6.28. The van der Waals surface area contributed by atoms with Crippen molar-refractivity contribution in [3.63, 3.8) is 0 Å². The molecule has 20 heavy (non-hydrogen) atoms. The van der Waals surface area contributed by atoms with Gasteiger partial charge in [-0.15, -0.1) is 0 Å². The van der Waals surface area contributed by atoms with E-state index in [0.717, 1.165) is 32.4 Å². The van der Waals surface area contributed by atoms with Gasteiger partial charge in [-0.1, -0.05) is 6.42 Å². The Morgan fingerprint density at radius 2 is 1.90 bits per heavy atom. The van der Waals surface area contributed by atoms with Crippen molar-refractivity contribution in [1.82, 2.24) is 15.1 Å². The molecule has 6 nitrogen and oxygen atoms in total. The van der Waals surface area contributed by atoms with Gasteiger partial charge in [0.2, 0.25) is 0 Å². The normalized spacial score (nSPS) is 22.4. The number of nitrogens with one attached hydrogen (secondary N) is 1. The number of hydrogen-bond acceptors (Lipinski definition) is 3. The predicted octanol–water partition coefficient (Wildman–Crippen LogP) is 0.977. The number of piperidine rings is 1. The molecular weight excluding hydrogens is 258 g/mol. The molecule has 0 aromatic heterocycles. The van der Waals surface area contributed by atoms with E-state index in [0.29, 0.717) is 18.9 Å². The van der Waals surface area contributed by atoms with Gasteiger partial charge in [-0.3, -0.25) is 4.79 Å². The Balaban J connectivity index is 1.77. The molecule has 0 spiro atoms. The Kier molecular flexibility index (Phi) is 4.52. The maximum atomic E-state index is 12.1. The van der Waals surface area contributed by atoms with Gasteiger partial charge in [-0.05, 0) is 39.8 Å². The summed E-state index contributed by atoms with van der Waals surface area (Å²) in [5, 5.41) is 12.0. The van der Waals surface area contributed by atoms with Crippen LogP contribution in [0.4, 0.5) is 4.79 Å². The van der Waals surface area contributed by atoms with Gasteiger partial charge >= 0.3 is 12.0 Å². The number of carbonyl (C=O) groups is 2. The van der Waals surface area contributed by atoms with Crippen LogP contribution in [0.3, 0.4) is 0 Å². The number of carbonyl (C=O) groups excluding carboxylic acids is 1. The quantitative estimate of drug-likeness (QED) is 0.806. The molecule has 0 aromatic carbocycles. The van der Waals surface area contributed by atoms with Crippen LogP contribution in [-0.4, -0.2) is 66.7 Å². The number of hydrogen-bond donors (Lipinski definition) is 2. The van der Waals surface area contributed by atoms with Crippen LogP contribution in [0.1, 0.15) is 32.1 Å². The molecule has 0 radical (unpaired) electrons. The zero-order valence-corrected chi connectivity index (χ0v) is 12.4. The van der Waals surface area contributed by atoms with Gasteiger partial charge in [0.15, 0.2) is 0 Å². The van der Waals surface area contributed by atoms with Gasteiger partial charge < -0.3 is 20.2 Å². The Bertz CT molecular complexity index is 372. The van der Waals surface area contributed by atoms with Crippen LogP contribution in [0.5, 0.6) is 0 Å². The summed E-state index contributed by atoms with van der Waals surface area (Å²) in [5.41, 5.74) is -0.711. The van der Waals surface area contributed by atoms with Gasteiger partial charge in [0.1, 0.15) is 0 Å². The Morgan fingerprint density at radius 3 is 2.30 bits per heavy atom. The number of carboxylic acids is 1. The summed E-state index contributed by atoms with van der Waals surface area (Å²) in [6.07, 6.45) is 4.24. The van der Waals surface area contributed by atoms with E-state index in [9.17, 15) is 14.7 Å². The van der Waals surface area contributed by atoms with E-state index < -0.39 is 11.4 Å². The molecule has 2 N–H and O–H groups in total. The Morgan fingerprint density at radius 1 is 1.30 bits per heavy atom. The van der Waals surface area contributed by atoms with E-state index in [4.69, 9.17) is 0 Å².